The number of carbonyl (C=O) groups is 1. The van der Waals surface area contributed by atoms with Crippen LogP contribution in [0.25, 0.3) is 0 Å². The van der Waals surface area contributed by atoms with E-state index in [1.165, 1.54) is 5.56 Å². The SMILES string of the molecule is CC(=O)[O-].CC([NH3+])[c-]1cccc1.[Fe].[cH-]1[cH-][cH-][cH-][cH-]1. The first-order valence-corrected chi connectivity index (χ1v) is 5.43. The van der Waals surface area contributed by atoms with Crippen molar-refractivity contribution >= 4 is 5.97 Å². The molecule has 18 heavy (non-hydrogen) atoms. The van der Waals surface area contributed by atoms with E-state index in [1.54, 1.807) is 0 Å². The summed E-state index contributed by atoms with van der Waals surface area (Å²) in [6, 6.07) is 18.7. The van der Waals surface area contributed by atoms with E-state index in [2.05, 4.69) is 24.8 Å². The Morgan fingerprint density at radius 2 is 1.44 bits per heavy atom. The van der Waals surface area contributed by atoms with Crippen molar-refractivity contribution in [2.24, 2.45) is 0 Å². The molecule has 0 saturated carbocycles. The smallest absolute Gasteiger partial charge is 0.0639 e. The Kier molecular flexibility index (Phi) is 12.8. The number of carbonyl (C=O) groups excluding carboxylic acids is 1. The van der Waals surface area contributed by atoms with Crippen LogP contribution in [0.5, 0.6) is 0 Å². The molecule has 4 heteroatoms. The van der Waals surface area contributed by atoms with Crippen molar-refractivity contribution in [1.82, 2.24) is 0 Å². The number of carboxylic acids is 1. The van der Waals surface area contributed by atoms with Gasteiger partial charge >= 0.3 is 0 Å². The maximum absolute atomic E-state index is 8.89. The zero-order chi connectivity index (χ0) is 13.1. The van der Waals surface area contributed by atoms with Crippen LogP contribution in [-0.2, 0) is 21.9 Å². The number of aliphatic carboxylic acids is 1. The number of carboxylic acid groups (broad SMARTS) is 1. The molecule has 3 nitrogen and oxygen atoms in total. The molecule has 2 rings (SSSR count). The monoisotopic (exact) mass is 289 g/mol. The first-order chi connectivity index (χ1) is 8.04. The Morgan fingerprint density at radius 3 is 1.61 bits per heavy atom. The van der Waals surface area contributed by atoms with E-state index >= 15 is 0 Å². The second kappa shape index (κ2) is 12.1. The average Bonchev–Trinajstić information content (AvgIpc) is 2.94. The topological polar surface area (TPSA) is 67.8 Å². The standard InChI is InChI=1S/C7H10N.C5H5.C2H4O2.Fe/c1-6(8)7-4-2-3-5-7;1-2-4-5-3-1;1-2(3)4;/h2-6H,8H2,1H3;1-5H;1H3,(H,3,4);/q-1;-5;;. The molecule has 0 aromatic heterocycles. The van der Waals surface area contributed by atoms with E-state index < -0.39 is 5.97 Å². The molecular weight excluding hydrogens is 270 g/mol. The summed E-state index contributed by atoms with van der Waals surface area (Å²) >= 11 is 0. The summed E-state index contributed by atoms with van der Waals surface area (Å²) in [6.07, 6.45) is 0. The fourth-order valence-electron chi connectivity index (χ4n) is 1.04. The van der Waals surface area contributed by atoms with Gasteiger partial charge in [0.05, 0.1) is 6.04 Å². The quantitative estimate of drug-likeness (QED) is 0.625. The van der Waals surface area contributed by atoms with Gasteiger partial charge in [0.15, 0.2) is 0 Å². The van der Waals surface area contributed by atoms with Crippen LogP contribution in [0.4, 0.5) is 0 Å². The number of quaternary nitrogens is 1. The molecule has 3 N–H and O–H groups in total. The van der Waals surface area contributed by atoms with E-state index in [9.17, 15) is 0 Å². The van der Waals surface area contributed by atoms with Crippen LogP contribution >= 0.6 is 0 Å². The molecule has 0 aliphatic rings. The second-order valence-corrected chi connectivity index (χ2v) is 3.57. The van der Waals surface area contributed by atoms with E-state index in [1.807, 2.05) is 42.5 Å². The predicted molar refractivity (Wildman–Crippen MR) is 66.1 cm³/mol. The minimum Gasteiger partial charge on any atom is -0.748 e. The fraction of sp³-hybridized carbons (Fsp3) is 0.214. The molecular formula is C14H19FeNO2-6. The van der Waals surface area contributed by atoms with Crippen molar-refractivity contribution in [3.05, 3.63) is 60.2 Å². The number of rotatable bonds is 1. The van der Waals surface area contributed by atoms with Gasteiger partial charge in [-0.25, -0.2) is 12.1 Å². The molecule has 0 fully saturated rings. The largest absolute Gasteiger partial charge is 0.748 e. The van der Waals surface area contributed by atoms with E-state index in [4.69, 9.17) is 9.90 Å². The van der Waals surface area contributed by atoms with Crippen LogP contribution in [-0.4, -0.2) is 5.97 Å². The summed E-state index contributed by atoms with van der Waals surface area (Å²) < 4.78 is 0. The maximum atomic E-state index is 8.89. The molecule has 0 bridgehead atoms. The summed E-state index contributed by atoms with van der Waals surface area (Å²) in [7, 11) is 0. The molecule has 106 valence electrons. The minimum atomic E-state index is -1.08. The van der Waals surface area contributed by atoms with Crippen LogP contribution in [0.3, 0.4) is 0 Å². The third-order valence-electron chi connectivity index (χ3n) is 1.81. The molecule has 2 aromatic carbocycles. The first-order valence-electron chi connectivity index (χ1n) is 5.43. The molecule has 1 atom stereocenters. The molecule has 0 heterocycles. The second-order valence-electron chi connectivity index (χ2n) is 3.57. The predicted octanol–water partition coefficient (Wildman–Crippen LogP) is 0.868. The summed E-state index contributed by atoms with van der Waals surface area (Å²) in [4.78, 5) is 8.89. The summed E-state index contributed by atoms with van der Waals surface area (Å²) in [5.41, 5.74) is 5.20. The van der Waals surface area contributed by atoms with Gasteiger partial charge in [0, 0.05) is 23.0 Å². The van der Waals surface area contributed by atoms with Gasteiger partial charge in [-0.05, 0) is 13.8 Å². The third kappa shape index (κ3) is 12.7. The summed E-state index contributed by atoms with van der Waals surface area (Å²) in [5, 5.41) is 8.89. The Balaban J connectivity index is 0. The van der Waals surface area contributed by atoms with Gasteiger partial charge in [0.25, 0.3) is 0 Å². The molecule has 0 spiro atoms. The van der Waals surface area contributed by atoms with Crippen molar-refractivity contribution in [2.75, 3.05) is 0 Å². The Labute approximate surface area is 119 Å². The van der Waals surface area contributed by atoms with Gasteiger partial charge in [-0.1, -0.05) is 0 Å². The molecule has 0 amide bonds. The fourth-order valence-corrected chi connectivity index (χ4v) is 1.04. The van der Waals surface area contributed by atoms with Crippen LogP contribution in [0.1, 0.15) is 25.5 Å². The van der Waals surface area contributed by atoms with Gasteiger partial charge in [0.1, 0.15) is 0 Å². The van der Waals surface area contributed by atoms with Crippen molar-refractivity contribution < 1.29 is 32.7 Å². The molecule has 0 radical (unpaired) electrons. The van der Waals surface area contributed by atoms with E-state index in [0.29, 0.717) is 6.04 Å². The van der Waals surface area contributed by atoms with Crippen LogP contribution in [0, 0.1) is 0 Å². The van der Waals surface area contributed by atoms with Crippen molar-refractivity contribution in [3.63, 3.8) is 0 Å². The normalized spacial score (nSPS) is 9.72. The summed E-state index contributed by atoms with van der Waals surface area (Å²) in [5.74, 6) is -1.08. The van der Waals surface area contributed by atoms with Gasteiger partial charge < -0.3 is 46.0 Å². The summed E-state index contributed by atoms with van der Waals surface area (Å²) in [6.45, 7) is 3.06. The molecule has 1 unspecified atom stereocenters. The van der Waals surface area contributed by atoms with Gasteiger partial charge in [-0.2, -0.15) is 12.1 Å². The molecule has 0 aliphatic carbocycles. The Bertz CT molecular complexity index is 345. The first kappa shape index (κ1) is 19.0. The Morgan fingerprint density at radius 1 is 1.17 bits per heavy atom. The van der Waals surface area contributed by atoms with Crippen LogP contribution < -0.4 is 10.8 Å². The number of hydrogen-bond donors (Lipinski definition) is 1. The van der Waals surface area contributed by atoms with Gasteiger partial charge in [-0.15, -0.1) is 5.56 Å². The van der Waals surface area contributed by atoms with Crippen molar-refractivity contribution in [1.29, 1.82) is 0 Å². The van der Waals surface area contributed by atoms with Gasteiger partial charge in [-0.3, -0.25) is 0 Å². The molecule has 0 saturated heterocycles. The zero-order valence-electron chi connectivity index (χ0n) is 10.7. The average molecular weight is 289 g/mol. The molecule has 2 aromatic rings. The van der Waals surface area contributed by atoms with Crippen molar-refractivity contribution in [3.8, 4) is 0 Å². The number of hydrogen-bond acceptors (Lipinski definition) is 2. The van der Waals surface area contributed by atoms with Crippen LogP contribution in [0.15, 0.2) is 54.6 Å². The van der Waals surface area contributed by atoms with Crippen LogP contribution in [0.2, 0.25) is 0 Å². The van der Waals surface area contributed by atoms with E-state index in [0.717, 1.165) is 6.92 Å². The molecule has 0 aliphatic heterocycles. The van der Waals surface area contributed by atoms with E-state index in [-0.39, 0.29) is 17.1 Å². The third-order valence-corrected chi connectivity index (χ3v) is 1.81. The maximum Gasteiger partial charge on any atom is 0.0639 e. The van der Waals surface area contributed by atoms with Crippen molar-refractivity contribution in [2.45, 2.75) is 19.9 Å². The minimum absolute atomic E-state index is 0. The zero-order valence-corrected chi connectivity index (χ0v) is 11.8. The van der Waals surface area contributed by atoms with Gasteiger partial charge in [0.2, 0.25) is 0 Å². The Hall–Kier alpha value is -1.35.